The van der Waals surface area contributed by atoms with Crippen LogP contribution in [0.2, 0.25) is 0 Å². The summed E-state index contributed by atoms with van der Waals surface area (Å²) < 4.78 is 0. The average Bonchev–Trinajstić information content (AvgIpc) is 2.64. The predicted molar refractivity (Wildman–Crippen MR) is 64.9 cm³/mol. The van der Waals surface area contributed by atoms with Crippen LogP contribution < -0.4 is 5.32 Å². The Hall–Kier alpha value is -0.960. The topological polar surface area (TPSA) is 37.8 Å². The van der Waals surface area contributed by atoms with Gasteiger partial charge in [0.25, 0.3) is 0 Å². The van der Waals surface area contributed by atoms with Gasteiger partial charge in [0.1, 0.15) is 6.33 Å². The molecule has 1 aromatic rings. The molecule has 1 atom stereocenters. The van der Waals surface area contributed by atoms with Crippen LogP contribution in [0.1, 0.15) is 39.3 Å². The third-order valence-electron chi connectivity index (χ3n) is 4.72. The van der Waals surface area contributed by atoms with Gasteiger partial charge >= 0.3 is 0 Å². The summed E-state index contributed by atoms with van der Waals surface area (Å²) in [7, 11) is 2.02. The van der Waals surface area contributed by atoms with Gasteiger partial charge in [-0.05, 0) is 23.8 Å². The standard InChI is InChI=1S/C13H21N3/c1-12(2)11(13(12,3)4)10(14-5)9-6-15-8-16-7-9/h6-8,10-11,14H,1-5H3. The average molecular weight is 219 g/mol. The molecule has 1 heterocycles. The summed E-state index contributed by atoms with van der Waals surface area (Å²) in [5.74, 6) is 0.635. The molecule has 0 radical (unpaired) electrons. The molecular formula is C13H21N3. The molecule has 1 unspecified atom stereocenters. The number of rotatable bonds is 3. The van der Waals surface area contributed by atoms with Gasteiger partial charge in [0, 0.05) is 24.0 Å². The first-order chi connectivity index (χ1) is 7.43. The SMILES string of the molecule is CNC(c1cncnc1)C1C(C)(C)C1(C)C. The zero-order chi connectivity index (χ0) is 12.0. The Morgan fingerprint density at radius 1 is 1.12 bits per heavy atom. The summed E-state index contributed by atoms with van der Waals surface area (Å²) in [5.41, 5.74) is 1.93. The fraction of sp³-hybridized carbons (Fsp3) is 0.692. The number of aromatic nitrogens is 2. The molecule has 3 heteroatoms. The molecule has 1 saturated carbocycles. The molecule has 0 aromatic carbocycles. The number of nitrogens with one attached hydrogen (secondary N) is 1. The molecule has 0 spiro atoms. The maximum Gasteiger partial charge on any atom is 0.115 e. The van der Waals surface area contributed by atoms with E-state index in [4.69, 9.17) is 0 Å². The van der Waals surface area contributed by atoms with E-state index >= 15 is 0 Å². The molecule has 1 aliphatic carbocycles. The summed E-state index contributed by atoms with van der Waals surface area (Å²) in [6, 6.07) is 0.353. The highest BCUT2D eigenvalue weighted by Crippen LogP contribution is 2.72. The van der Waals surface area contributed by atoms with Crippen LogP contribution in [0.5, 0.6) is 0 Å². The van der Waals surface area contributed by atoms with E-state index in [1.54, 1.807) is 6.33 Å². The van der Waals surface area contributed by atoms with Crippen molar-refractivity contribution >= 4 is 0 Å². The second kappa shape index (κ2) is 3.52. The third kappa shape index (κ3) is 1.46. The molecule has 16 heavy (non-hydrogen) atoms. The van der Waals surface area contributed by atoms with Crippen molar-refractivity contribution in [3.8, 4) is 0 Å². The lowest BCUT2D eigenvalue weighted by atomic mass is 9.99. The van der Waals surface area contributed by atoms with Gasteiger partial charge in [-0.15, -0.1) is 0 Å². The van der Waals surface area contributed by atoms with Crippen molar-refractivity contribution in [2.75, 3.05) is 7.05 Å². The van der Waals surface area contributed by atoms with E-state index in [0.29, 0.717) is 22.8 Å². The molecule has 2 rings (SSSR count). The molecule has 1 aliphatic rings. The van der Waals surface area contributed by atoms with Gasteiger partial charge in [0.05, 0.1) is 0 Å². The van der Waals surface area contributed by atoms with Crippen LogP contribution in [-0.2, 0) is 0 Å². The van der Waals surface area contributed by atoms with Crippen LogP contribution >= 0.6 is 0 Å². The van der Waals surface area contributed by atoms with Gasteiger partial charge in [-0.3, -0.25) is 0 Å². The molecule has 0 amide bonds. The predicted octanol–water partition coefficient (Wildman–Crippen LogP) is 2.42. The van der Waals surface area contributed by atoms with Crippen molar-refractivity contribution in [1.29, 1.82) is 0 Å². The highest BCUT2D eigenvalue weighted by Gasteiger charge is 2.67. The van der Waals surface area contributed by atoms with Gasteiger partial charge in [-0.1, -0.05) is 27.7 Å². The summed E-state index contributed by atoms with van der Waals surface area (Å²) in [5, 5.41) is 3.41. The van der Waals surface area contributed by atoms with Crippen molar-refractivity contribution < 1.29 is 0 Å². The van der Waals surface area contributed by atoms with Crippen molar-refractivity contribution in [3.05, 3.63) is 24.3 Å². The van der Waals surface area contributed by atoms with Crippen LogP contribution in [0.3, 0.4) is 0 Å². The Morgan fingerprint density at radius 2 is 1.62 bits per heavy atom. The van der Waals surface area contributed by atoms with E-state index in [1.165, 1.54) is 5.56 Å². The van der Waals surface area contributed by atoms with Crippen molar-refractivity contribution in [1.82, 2.24) is 15.3 Å². The number of nitrogens with zero attached hydrogens (tertiary/aromatic N) is 2. The molecule has 0 bridgehead atoms. The molecule has 0 aliphatic heterocycles. The van der Waals surface area contributed by atoms with Crippen LogP contribution in [-0.4, -0.2) is 17.0 Å². The maximum atomic E-state index is 4.11. The quantitative estimate of drug-likeness (QED) is 0.848. The van der Waals surface area contributed by atoms with Crippen LogP contribution in [0.25, 0.3) is 0 Å². The Balaban J connectivity index is 2.27. The molecule has 1 fully saturated rings. The number of hydrogen-bond donors (Lipinski definition) is 1. The summed E-state index contributed by atoms with van der Waals surface area (Å²) in [6.07, 6.45) is 5.41. The minimum Gasteiger partial charge on any atom is -0.313 e. The summed E-state index contributed by atoms with van der Waals surface area (Å²) >= 11 is 0. The van der Waals surface area contributed by atoms with E-state index in [0.717, 1.165) is 0 Å². The molecule has 1 N–H and O–H groups in total. The largest absolute Gasteiger partial charge is 0.313 e. The molecule has 0 saturated heterocycles. The van der Waals surface area contributed by atoms with E-state index in [2.05, 4.69) is 43.0 Å². The van der Waals surface area contributed by atoms with Crippen LogP contribution in [0.4, 0.5) is 0 Å². The Morgan fingerprint density at radius 3 is 2.00 bits per heavy atom. The van der Waals surface area contributed by atoms with Gasteiger partial charge in [-0.2, -0.15) is 0 Å². The van der Waals surface area contributed by atoms with Gasteiger partial charge < -0.3 is 5.32 Å². The highest BCUT2D eigenvalue weighted by atomic mass is 14.9. The third-order valence-corrected chi connectivity index (χ3v) is 4.72. The molecule has 1 aromatic heterocycles. The molecule has 88 valence electrons. The lowest BCUT2D eigenvalue weighted by Gasteiger charge is -2.18. The second-order valence-corrected chi connectivity index (χ2v) is 5.86. The molecular weight excluding hydrogens is 198 g/mol. The summed E-state index contributed by atoms with van der Waals surface area (Å²) in [4.78, 5) is 8.22. The van der Waals surface area contributed by atoms with Crippen LogP contribution in [0, 0.1) is 16.7 Å². The Labute approximate surface area is 97.7 Å². The van der Waals surface area contributed by atoms with Crippen molar-refractivity contribution in [2.45, 2.75) is 33.7 Å². The monoisotopic (exact) mass is 219 g/mol. The van der Waals surface area contributed by atoms with Crippen LogP contribution in [0.15, 0.2) is 18.7 Å². The fourth-order valence-electron chi connectivity index (χ4n) is 3.08. The first kappa shape index (κ1) is 11.5. The minimum atomic E-state index is 0.353. The first-order valence-corrected chi connectivity index (χ1v) is 5.85. The minimum absolute atomic E-state index is 0.353. The maximum absolute atomic E-state index is 4.11. The first-order valence-electron chi connectivity index (χ1n) is 5.85. The zero-order valence-electron chi connectivity index (χ0n) is 10.8. The lowest BCUT2D eigenvalue weighted by Crippen LogP contribution is -2.21. The van der Waals surface area contributed by atoms with Gasteiger partial charge in [0.15, 0.2) is 0 Å². The Kier molecular flexibility index (Phi) is 2.54. The van der Waals surface area contributed by atoms with Gasteiger partial charge in [0.2, 0.25) is 0 Å². The lowest BCUT2D eigenvalue weighted by molar-refractivity contribution is 0.436. The number of hydrogen-bond acceptors (Lipinski definition) is 3. The highest BCUT2D eigenvalue weighted by molar-refractivity contribution is 5.23. The van der Waals surface area contributed by atoms with Crippen molar-refractivity contribution in [2.24, 2.45) is 16.7 Å². The Bertz CT molecular complexity index is 356. The fourth-order valence-corrected chi connectivity index (χ4v) is 3.08. The van der Waals surface area contributed by atoms with E-state index in [9.17, 15) is 0 Å². The van der Waals surface area contributed by atoms with E-state index < -0.39 is 0 Å². The zero-order valence-corrected chi connectivity index (χ0v) is 10.8. The normalized spacial score (nSPS) is 24.1. The van der Waals surface area contributed by atoms with Crippen molar-refractivity contribution in [3.63, 3.8) is 0 Å². The van der Waals surface area contributed by atoms with E-state index in [-0.39, 0.29) is 0 Å². The smallest absolute Gasteiger partial charge is 0.115 e. The molecule has 3 nitrogen and oxygen atoms in total. The van der Waals surface area contributed by atoms with Gasteiger partial charge in [-0.25, -0.2) is 9.97 Å². The second-order valence-electron chi connectivity index (χ2n) is 5.86. The van der Waals surface area contributed by atoms with E-state index in [1.807, 2.05) is 19.4 Å². The summed E-state index contributed by atoms with van der Waals surface area (Å²) in [6.45, 7) is 9.36.